The fourth-order valence-corrected chi connectivity index (χ4v) is 2.74. The number of hydrogen-bond donors (Lipinski definition) is 1. The van der Waals surface area contributed by atoms with Gasteiger partial charge >= 0.3 is 5.97 Å². The number of esters is 1. The highest BCUT2D eigenvalue weighted by atomic mass is 32.1. The Morgan fingerprint density at radius 2 is 2.24 bits per heavy atom. The Hall–Kier alpha value is -1.40. The summed E-state index contributed by atoms with van der Waals surface area (Å²) >= 11 is 2.80. The molecule has 0 aromatic carbocycles. The number of nitrogens with two attached hydrogens (primary N) is 1. The van der Waals surface area contributed by atoms with Crippen LogP contribution in [0.2, 0.25) is 0 Å². The Bertz CT molecular complexity index is 518. The van der Waals surface area contributed by atoms with Crippen LogP contribution in [0.3, 0.4) is 0 Å². The molecule has 17 heavy (non-hydrogen) atoms. The average Bonchev–Trinajstić information content (AvgIpc) is 2.84. The predicted molar refractivity (Wildman–Crippen MR) is 70.4 cm³/mol. The number of carbonyl (C=O) groups is 1. The minimum absolute atomic E-state index is 0.162. The van der Waals surface area contributed by atoms with E-state index in [1.165, 1.54) is 22.7 Å². The third-order valence-electron chi connectivity index (χ3n) is 2.07. The lowest BCUT2D eigenvalue weighted by atomic mass is 10.1. The predicted octanol–water partition coefficient (Wildman–Crippen LogP) is 3.02. The standard InChI is InChI=1S/C11H12N2O2S2/c1-6(2)15-11(14)9-7(3-17-10(9)12)8-4-16-5-13-8/h3-6H,12H2,1-2H3. The van der Waals surface area contributed by atoms with Gasteiger partial charge in [-0.15, -0.1) is 22.7 Å². The Labute approximate surface area is 107 Å². The minimum Gasteiger partial charge on any atom is -0.459 e. The molecule has 0 amide bonds. The highest BCUT2D eigenvalue weighted by molar-refractivity contribution is 7.15. The van der Waals surface area contributed by atoms with Gasteiger partial charge in [0.25, 0.3) is 0 Å². The van der Waals surface area contributed by atoms with E-state index in [1.807, 2.05) is 24.6 Å². The summed E-state index contributed by atoms with van der Waals surface area (Å²) in [7, 11) is 0. The zero-order chi connectivity index (χ0) is 12.4. The van der Waals surface area contributed by atoms with Gasteiger partial charge in [0.15, 0.2) is 0 Å². The van der Waals surface area contributed by atoms with Gasteiger partial charge in [0.05, 0.1) is 17.3 Å². The first-order chi connectivity index (χ1) is 8.09. The molecule has 0 spiro atoms. The van der Waals surface area contributed by atoms with Crippen LogP contribution in [0.25, 0.3) is 11.3 Å². The molecule has 0 fully saturated rings. The van der Waals surface area contributed by atoms with Crippen LogP contribution in [-0.4, -0.2) is 17.1 Å². The number of thiophene rings is 1. The van der Waals surface area contributed by atoms with Crippen LogP contribution in [0.4, 0.5) is 5.00 Å². The van der Waals surface area contributed by atoms with Gasteiger partial charge in [-0.1, -0.05) is 0 Å². The van der Waals surface area contributed by atoms with Gasteiger partial charge in [-0.2, -0.15) is 0 Å². The van der Waals surface area contributed by atoms with Crippen molar-refractivity contribution in [1.29, 1.82) is 0 Å². The van der Waals surface area contributed by atoms with E-state index in [0.29, 0.717) is 10.6 Å². The maximum absolute atomic E-state index is 11.9. The number of nitrogen functional groups attached to an aromatic ring is 1. The molecule has 90 valence electrons. The minimum atomic E-state index is -0.387. The quantitative estimate of drug-likeness (QED) is 0.869. The van der Waals surface area contributed by atoms with E-state index in [9.17, 15) is 4.79 Å². The first-order valence-electron chi connectivity index (χ1n) is 5.06. The SMILES string of the molecule is CC(C)OC(=O)c1c(-c2cscn2)csc1N. The maximum atomic E-state index is 11.9. The molecule has 2 aromatic rings. The van der Waals surface area contributed by atoms with Gasteiger partial charge in [-0.25, -0.2) is 9.78 Å². The van der Waals surface area contributed by atoms with Crippen molar-refractivity contribution in [2.75, 3.05) is 5.73 Å². The van der Waals surface area contributed by atoms with Crippen LogP contribution >= 0.6 is 22.7 Å². The van der Waals surface area contributed by atoms with E-state index in [0.717, 1.165) is 11.3 Å². The highest BCUT2D eigenvalue weighted by Crippen LogP contribution is 2.34. The largest absolute Gasteiger partial charge is 0.459 e. The Morgan fingerprint density at radius 3 is 2.82 bits per heavy atom. The van der Waals surface area contributed by atoms with Crippen molar-refractivity contribution >= 4 is 33.6 Å². The summed E-state index contributed by atoms with van der Waals surface area (Å²) in [5.41, 5.74) is 9.48. The second-order valence-corrected chi connectivity index (χ2v) is 5.35. The number of carbonyl (C=O) groups excluding carboxylic acids is 1. The normalized spacial score (nSPS) is 10.8. The molecular formula is C11H12N2O2S2. The summed E-state index contributed by atoms with van der Waals surface area (Å²) < 4.78 is 5.18. The number of ether oxygens (including phenoxy) is 1. The number of anilines is 1. The smallest absolute Gasteiger partial charge is 0.342 e. The van der Waals surface area contributed by atoms with E-state index in [2.05, 4.69) is 4.98 Å². The van der Waals surface area contributed by atoms with E-state index < -0.39 is 0 Å². The van der Waals surface area contributed by atoms with Crippen molar-refractivity contribution in [2.45, 2.75) is 20.0 Å². The molecule has 0 unspecified atom stereocenters. The number of thiazole rings is 1. The molecule has 2 aromatic heterocycles. The third-order valence-corrected chi connectivity index (χ3v) is 3.47. The van der Waals surface area contributed by atoms with Crippen molar-refractivity contribution in [3.63, 3.8) is 0 Å². The topological polar surface area (TPSA) is 65.2 Å². The van der Waals surface area contributed by atoms with Crippen molar-refractivity contribution in [1.82, 2.24) is 4.98 Å². The second kappa shape index (κ2) is 4.85. The van der Waals surface area contributed by atoms with Crippen LogP contribution in [0.1, 0.15) is 24.2 Å². The monoisotopic (exact) mass is 268 g/mol. The summed E-state index contributed by atoms with van der Waals surface area (Å²) in [6, 6.07) is 0. The number of nitrogens with zero attached hydrogens (tertiary/aromatic N) is 1. The lowest BCUT2D eigenvalue weighted by Gasteiger charge is -2.08. The summed E-state index contributed by atoms with van der Waals surface area (Å²) in [6.07, 6.45) is -0.162. The van der Waals surface area contributed by atoms with E-state index in [4.69, 9.17) is 10.5 Å². The molecule has 0 atom stereocenters. The maximum Gasteiger partial charge on any atom is 0.342 e. The Morgan fingerprint density at radius 1 is 1.47 bits per heavy atom. The van der Waals surface area contributed by atoms with Gasteiger partial charge in [0.1, 0.15) is 10.6 Å². The molecule has 2 rings (SSSR count). The van der Waals surface area contributed by atoms with Gasteiger partial charge < -0.3 is 10.5 Å². The number of hydrogen-bond acceptors (Lipinski definition) is 6. The fraction of sp³-hybridized carbons (Fsp3) is 0.273. The second-order valence-electron chi connectivity index (χ2n) is 3.72. The first kappa shape index (κ1) is 12.1. The number of rotatable bonds is 3. The molecular weight excluding hydrogens is 256 g/mol. The van der Waals surface area contributed by atoms with Crippen LogP contribution < -0.4 is 5.73 Å². The highest BCUT2D eigenvalue weighted by Gasteiger charge is 2.21. The van der Waals surface area contributed by atoms with Crippen molar-refractivity contribution in [3.05, 3.63) is 21.8 Å². The van der Waals surface area contributed by atoms with Crippen molar-refractivity contribution in [3.8, 4) is 11.3 Å². The van der Waals surface area contributed by atoms with Crippen LogP contribution in [0, 0.1) is 0 Å². The summed E-state index contributed by atoms with van der Waals surface area (Å²) in [6.45, 7) is 3.62. The van der Waals surface area contributed by atoms with Gasteiger partial charge in [0, 0.05) is 16.3 Å². The first-order valence-corrected chi connectivity index (χ1v) is 6.88. The van der Waals surface area contributed by atoms with E-state index in [1.54, 1.807) is 5.51 Å². The van der Waals surface area contributed by atoms with Crippen molar-refractivity contribution in [2.24, 2.45) is 0 Å². The lowest BCUT2D eigenvalue weighted by molar-refractivity contribution is 0.0380. The van der Waals surface area contributed by atoms with Gasteiger partial charge in [-0.3, -0.25) is 0 Å². The third kappa shape index (κ3) is 2.48. The van der Waals surface area contributed by atoms with Crippen LogP contribution in [0.5, 0.6) is 0 Å². The summed E-state index contributed by atoms with van der Waals surface area (Å²) in [5.74, 6) is -0.387. The molecule has 2 N–H and O–H groups in total. The molecule has 0 bridgehead atoms. The molecule has 0 aliphatic carbocycles. The Balaban J connectivity index is 2.40. The average molecular weight is 268 g/mol. The van der Waals surface area contributed by atoms with Crippen molar-refractivity contribution < 1.29 is 9.53 Å². The molecule has 0 saturated carbocycles. The number of aromatic nitrogens is 1. The summed E-state index contributed by atoms with van der Waals surface area (Å²) in [5, 5.41) is 4.19. The van der Waals surface area contributed by atoms with Crippen LogP contribution in [-0.2, 0) is 4.74 Å². The van der Waals surface area contributed by atoms with E-state index >= 15 is 0 Å². The molecule has 6 heteroatoms. The van der Waals surface area contributed by atoms with Gasteiger partial charge in [-0.05, 0) is 13.8 Å². The fourth-order valence-electron chi connectivity index (χ4n) is 1.39. The Kier molecular flexibility index (Phi) is 3.44. The zero-order valence-corrected chi connectivity index (χ0v) is 11.1. The molecule has 0 aliphatic rings. The molecule has 0 aliphatic heterocycles. The van der Waals surface area contributed by atoms with Crippen LogP contribution in [0.15, 0.2) is 16.3 Å². The molecule has 2 heterocycles. The van der Waals surface area contributed by atoms with E-state index in [-0.39, 0.29) is 12.1 Å². The lowest BCUT2D eigenvalue weighted by Crippen LogP contribution is -2.13. The summed E-state index contributed by atoms with van der Waals surface area (Å²) in [4.78, 5) is 16.1. The molecule has 0 saturated heterocycles. The van der Waals surface area contributed by atoms with Gasteiger partial charge in [0.2, 0.25) is 0 Å². The molecule has 4 nitrogen and oxygen atoms in total. The zero-order valence-electron chi connectivity index (χ0n) is 9.47. The molecule has 0 radical (unpaired) electrons.